The summed E-state index contributed by atoms with van der Waals surface area (Å²) in [6.07, 6.45) is -0.822. The Hall–Kier alpha value is -1.83. The number of nitrogens with zero attached hydrogens (tertiary/aromatic N) is 3. The van der Waals surface area contributed by atoms with E-state index in [0.717, 1.165) is 31.0 Å². The first-order valence-electron chi connectivity index (χ1n) is 7.57. The van der Waals surface area contributed by atoms with Gasteiger partial charge in [-0.15, -0.1) is 0 Å². The highest BCUT2D eigenvalue weighted by molar-refractivity contribution is 5.61. The summed E-state index contributed by atoms with van der Waals surface area (Å²) in [5.41, 5.74) is -0.692. The maximum absolute atomic E-state index is 13.2. The Morgan fingerprint density at radius 1 is 1.35 bits per heavy atom. The standard InChI is InChI=1S/C15H16F3N3O2/c1-7-5-9-11(8-3-4-8)20-23-12(9)10-6-19-13(21(7)10)14(2,22)15(16,17)18/h6-8,22H,3-5H2,1-2H3/t7-,14?/m0/s1. The van der Waals surface area contributed by atoms with Gasteiger partial charge in [-0.25, -0.2) is 4.98 Å². The molecule has 1 fully saturated rings. The summed E-state index contributed by atoms with van der Waals surface area (Å²) in [5, 5.41) is 14.1. The molecule has 2 atom stereocenters. The average Bonchev–Trinajstić information content (AvgIpc) is 3.03. The molecule has 124 valence electrons. The number of aromatic nitrogens is 3. The predicted octanol–water partition coefficient (Wildman–Crippen LogP) is 3.30. The van der Waals surface area contributed by atoms with E-state index in [1.165, 1.54) is 10.8 Å². The van der Waals surface area contributed by atoms with Gasteiger partial charge in [-0.3, -0.25) is 0 Å². The molecule has 0 amide bonds. The molecular formula is C15H16F3N3O2. The van der Waals surface area contributed by atoms with Crippen molar-refractivity contribution in [2.75, 3.05) is 0 Å². The van der Waals surface area contributed by atoms with Gasteiger partial charge in [0.15, 0.2) is 11.6 Å². The fourth-order valence-electron chi connectivity index (χ4n) is 3.25. The first-order valence-corrected chi connectivity index (χ1v) is 7.57. The number of halogens is 3. The van der Waals surface area contributed by atoms with Crippen LogP contribution in [0.5, 0.6) is 0 Å². The number of hydrogen-bond acceptors (Lipinski definition) is 4. The Kier molecular flexibility index (Phi) is 2.80. The minimum atomic E-state index is -4.81. The van der Waals surface area contributed by atoms with Crippen LogP contribution in [0, 0.1) is 0 Å². The molecule has 5 nitrogen and oxygen atoms in total. The van der Waals surface area contributed by atoms with Crippen molar-refractivity contribution < 1.29 is 22.8 Å². The van der Waals surface area contributed by atoms with Crippen LogP contribution in [0.4, 0.5) is 13.2 Å². The molecule has 0 spiro atoms. The van der Waals surface area contributed by atoms with E-state index in [1.807, 2.05) is 6.92 Å². The molecule has 2 aromatic rings. The van der Waals surface area contributed by atoms with Crippen molar-refractivity contribution in [2.45, 2.75) is 56.8 Å². The van der Waals surface area contributed by atoms with Crippen LogP contribution in [0.25, 0.3) is 11.5 Å². The van der Waals surface area contributed by atoms with Crippen molar-refractivity contribution in [3.8, 4) is 11.5 Å². The molecule has 3 heterocycles. The fraction of sp³-hybridized carbons (Fsp3) is 0.600. The van der Waals surface area contributed by atoms with Gasteiger partial charge in [0.25, 0.3) is 0 Å². The molecule has 0 radical (unpaired) electrons. The van der Waals surface area contributed by atoms with Gasteiger partial charge in [0.2, 0.25) is 5.60 Å². The van der Waals surface area contributed by atoms with Gasteiger partial charge in [-0.05, 0) is 33.1 Å². The van der Waals surface area contributed by atoms with Gasteiger partial charge in [0.1, 0.15) is 5.69 Å². The first kappa shape index (κ1) is 14.7. The molecule has 4 rings (SSSR count). The smallest absolute Gasteiger partial charge is 0.374 e. The normalized spacial score (nSPS) is 23.3. The molecule has 1 N–H and O–H groups in total. The summed E-state index contributed by atoms with van der Waals surface area (Å²) in [4.78, 5) is 3.86. The second-order valence-corrected chi connectivity index (χ2v) is 6.61. The maximum Gasteiger partial charge on any atom is 0.424 e. The minimum Gasteiger partial charge on any atom is -0.374 e. The van der Waals surface area contributed by atoms with Crippen LogP contribution in [-0.4, -0.2) is 26.0 Å². The predicted molar refractivity (Wildman–Crippen MR) is 73.7 cm³/mol. The molecule has 23 heavy (non-hydrogen) atoms. The highest BCUT2D eigenvalue weighted by Crippen LogP contribution is 2.48. The van der Waals surface area contributed by atoms with Gasteiger partial charge in [0.05, 0.1) is 11.9 Å². The summed E-state index contributed by atoms with van der Waals surface area (Å²) in [6.45, 7) is 2.54. The molecule has 1 saturated carbocycles. The van der Waals surface area contributed by atoms with Gasteiger partial charge in [0, 0.05) is 17.5 Å². The number of fused-ring (bicyclic) bond motifs is 3. The van der Waals surface area contributed by atoms with Crippen LogP contribution in [0.2, 0.25) is 0 Å². The van der Waals surface area contributed by atoms with Gasteiger partial charge in [-0.2, -0.15) is 13.2 Å². The molecular weight excluding hydrogens is 311 g/mol. The third kappa shape index (κ3) is 1.97. The Bertz CT molecular complexity index is 772. The molecule has 1 unspecified atom stereocenters. The average molecular weight is 327 g/mol. The third-order valence-electron chi connectivity index (χ3n) is 4.74. The molecule has 8 heteroatoms. The SMILES string of the molecule is C[C@H]1Cc2c(C3CC3)noc2-c2cnc(C(C)(O)C(F)(F)F)n21. The summed E-state index contributed by atoms with van der Waals surface area (Å²) < 4.78 is 46.3. The largest absolute Gasteiger partial charge is 0.424 e. The van der Waals surface area contributed by atoms with Gasteiger partial charge >= 0.3 is 6.18 Å². The van der Waals surface area contributed by atoms with E-state index in [4.69, 9.17) is 4.52 Å². The molecule has 0 aromatic carbocycles. The molecule has 0 saturated heterocycles. The summed E-state index contributed by atoms with van der Waals surface area (Å²) in [7, 11) is 0. The zero-order valence-corrected chi connectivity index (χ0v) is 12.7. The topological polar surface area (TPSA) is 64.1 Å². The fourth-order valence-corrected chi connectivity index (χ4v) is 3.25. The van der Waals surface area contributed by atoms with E-state index in [0.29, 0.717) is 23.8 Å². The molecule has 1 aliphatic carbocycles. The lowest BCUT2D eigenvalue weighted by Crippen LogP contribution is -2.42. The van der Waals surface area contributed by atoms with Crippen LogP contribution in [-0.2, 0) is 12.0 Å². The van der Waals surface area contributed by atoms with Crippen molar-refractivity contribution in [3.05, 3.63) is 23.3 Å². The minimum absolute atomic E-state index is 0.263. The lowest BCUT2D eigenvalue weighted by molar-refractivity contribution is -0.262. The van der Waals surface area contributed by atoms with Crippen molar-refractivity contribution in [3.63, 3.8) is 0 Å². The molecule has 2 aliphatic rings. The second kappa shape index (κ2) is 4.37. The van der Waals surface area contributed by atoms with Crippen molar-refractivity contribution in [1.29, 1.82) is 0 Å². The quantitative estimate of drug-likeness (QED) is 0.919. The van der Waals surface area contributed by atoms with E-state index in [1.54, 1.807) is 0 Å². The van der Waals surface area contributed by atoms with Crippen molar-refractivity contribution in [1.82, 2.24) is 14.7 Å². The Morgan fingerprint density at radius 3 is 2.65 bits per heavy atom. The number of imidazole rings is 1. The van der Waals surface area contributed by atoms with Crippen molar-refractivity contribution >= 4 is 0 Å². The highest BCUT2D eigenvalue weighted by Gasteiger charge is 2.55. The number of alkyl halides is 3. The third-order valence-corrected chi connectivity index (χ3v) is 4.74. The summed E-state index contributed by atoms with van der Waals surface area (Å²) in [5.74, 6) is 0.464. The zero-order chi connectivity index (χ0) is 16.6. The molecule has 0 bridgehead atoms. The van der Waals surface area contributed by atoms with Crippen LogP contribution >= 0.6 is 0 Å². The van der Waals surface area contributed by atoms with Crippen LogP contribution in [0.3, 0.4) is 0 Å². The molecule has 2 aromatic heterocycles. The van der Waals surface area contributed by atoms with Crippen molar-refractivity contribution in [2.24, 2.45) is 0 Å². The zero-order valence-electron chi connectivity index (χ0n) is 12.7. The first-order chi connectivity index (χ1) is 10.7. The van der Waals surface area contributed by atoms with E-state index in [-0.39, 0.29) is 6.04 Å². The summed E-state index contributed by atoms with van der Waals surface area (Å²) in [6, 6.07) is -0.263. The number of hydrogen-bond donors (Lipinski definition) is 1. The van der Waals surface area contributed by atoms with E-state index in [9.17, 15) is 18.3 Å². The lowest BCUT2D eigenvalue weighted by atomic mass is 9.96. The summed E-state index contributed by atoms with van der Waals surface area (Å²) >= 11 is 0. The van der Waals surface area contributed by atoms with E-state index in [2.05, 4.69) is 10.1 Å². The molecule has 1 aliphatic heterocycles. The van der Waals surface area contributed by atoms with Gasteiger partial charge < -0.3 is 14.2 Å². The van der Waals surface area contributed by atoms with Crippen LogP contribution < -0.4 is 0 Å². The number of aliphatic hydroxyl groups is 1. The van der Waals surface area contributed by atoms with E-state index >= 15 is 0 Å². The van der Waals surface area contributed by atoms with Crippen LogP contribution in [0.1, 0.15) is 55.7 Å². The monoisotopic (exact) mass is 327 g/mol. The van der Waals surface area contributed by atoms with Gasteiger partial charge in [-0.1, -0.05) is 5.16 Å². The Balaban J connectivity index is 1.86. The highest BCUT2D eigenvalue weighted by atomic mass is 19.4. The lowest BCUT2D eigenvalue weighted by Gasteiger charge is -2.30. The van der Waals surface area contributed by atoms with Crippen LogP contribution in [0.15, 0.2) is 10.7 Å². The maximum atomic E-state index is 13.2. The van der Waals surface area contributed by atoms with E-state index < -0.39 is 17.6 Å². The second-order valence-electron chi connectivity index (χ2n) is 6.61. The Morgan fingerprint density at radius 2 is 2.04 bits per heavy atom. The Labute approximate surface area is 130 Å². The number of rotatable bonds is 2.